The largest absolute Gasteiger partial charge is 0.368 e. The van der Waals surface area contributed by atoms with Gasteiger partial charge in [-0.15, -0.1) is 0 Å². The van der Waals surface area contributed by atoms with Gasteiger partial charge in [0.2, 0.25) is 5.91 Å². The van der Waals surface area contributed by atoms with Crippen LogP contribution in [0, 0.1) is 5.92 Å². The Balaban J connectivity index is 1.35. The third-order valence-electron chi connectivity index (χ3n) is 4.90. The van der Waals surface area contributed by atoms with Crippen LogP contribution in [0.4, 0.5) is 17.1 Å². The fourth-order valence-electron chi connectivity index (χ4n) is 3.24. The summed E-state index contributed by atoms with van der Waals surface area (Å²) in [6, 6.07) is 16.2. The first-order chi connectivity index (χ1) is 12.2. The lowest BCUT2D eigenvalue weighted by Crippen LogP contribution is -2.46. The molecule has 1 heterocycles. The maximum Gasteiger partial charge on any atom is 0.227 e. The molecule has 130 valence electrons. The van der Waals surface area contributed by atoms with Crippen molar-refractivity contribution in [2.75, 3.05) is 41.3 Å². The molecule has 1 amide bonds. The first-order valence-electron chi connectivity index (χ1n) is 8.85. The Morgan fingerprint density at radius 3 is 2.16 bits per heavy atom. The average Bonchev–Trinajstić information content (AvgIpc) is 3.48. The summed E-state index contributed by atoms with van der Waals surface area (Å²) in [7, 11) is 0. The summed E-state index contributed by atoms with van der Waals surface area (Å²) < 4.78 is 0. The Hall–Kier alpha value is -2.20. The van der Waals surface area contributed by atoms with Crippen LogP contribution in [0.2, 0.25) is 5.02 Å². The number of nitrogens with zero attached hydrogens (tertiary/aromatic N) is 2. The summed E-state index contributed by atoms with van der Waals surface area (Å²) in [5.41, 5.74) is 3.28. The van der Waals surface area contributed by atoms with Gasteiger partial charge in [0.1, 0.15) is 0 Å². The lowest BCUT2D eigenvalue weighted by Gasteiger charge is -2.37. The molecule has 2 aromatic carbocycles. The fraction of sp³-hybridized carbons (Fsp3) is 0.350. The van der Waals surface area contributed by atoms with Gasteiger partial charge in [-0.25, -0.2) is 0 Å². The Morgan fingerprint density at radius 1 is 0.920 bits per heavy atom. The van der Waals surface area contributed by atoms with Crippen molar-refractivity contribution in [2.24, 2.45) is 5.92 Å². The van der Waals surface area contributed by atoms with Gasteiger partial charge in [-0.05, 0) is 55.3 Å². The standard InChI is InChI=1S/C20H22ClN3O/c21-16-2-1-3-19(14-16)24-12-10-23(11-13-24)18-8-6-17(7-9-18)22-20(25)15-4-5-15/h1-3,6-9,14-15H,4-5,10-13H2,(H,22,25). The zero-order valence-corrected chi connectivity index (χ0v) is 14.9. The van der Waals surface area contributed by atoms with E-state index in [1.54, 1.807) is 0 Å². The molecule has 0 atom stereocenters. The first-order valence-corrected chi connectivity index (χ1v) is 9.23. The van der Waals surface area contributed by atoms with Gasteiger partial charge in [0, 0.05) is 54.2 Å². The molecule has 2 aromatic rings. The molecule has 2 fully saturated rings. The molecule has 2 aliphatic rings. The molecule has 1 saturated carbocycles. The number of carbonyl (C=O) groups is 1. The highest BCUT2D eigenvalue weighted by Crippen LogP contribution is 2.30. The number of hydrogen-bond acceptors (Lipinski definition) is 3. The van der Waals surface area contributed by atoms with Crippen LogP contribution in [-0.4, -0.2) is 32.1 Å². The van der Waals surface area contributed by atoms with Gasteiger partial charge in [-0.2, -0.15) is 0 Å². The molecule has 1 N–H and O–H groups in total. The van der Waals surface area contributed by atoms with Crippen molar-refractivity contribution < 1.29 is 4.79 Å². The summed E-state index contributed by atoms with van der Waals surface area (Å²) >= 11 is 6.10. The molecular weight excluding hydrogens is 334 g/mol. The second kappa shape index (κ2) is 6.96. The van der Waals surface area contributed by atoms with Crippen LogP contribution in [0.3, 0.4) is 0 Å². The zero-order chi connectivity index (χ0) is 17.2. The van der Waals surface area contributed by atoms with Crippen molar-refractivity contribution in [1.82, 2.24) is 0 Å². The molecule has 5 heteroatoms. The molecule has 1 aliphatic carbocycles. The van der Waals surface area contributed by atoms with E-state index in [9.17, 15) is 4.79 Å². The molecule has 0 aromatic heterocycles. The molecule has 1 saturated heterocycles. The Morgan fingerprint density at radius 2 is 1.56 bits per heavy atom. The van der Waals surface area contributed by atoms with Gasteiger partial charge < -0.3 is 15.1 Å². The maximum absolute atomic E-state index is 11.8. The minimum Gasteiger partial charge on any atom is -0.368 e. The van der Waals surface area contributed by atoms with Crippen LogP contribution in [0.25, 0.3) is 0 Å². The molecule has 0 unspecified atom stereocenters. The number of piperazine rings is 1. The molecule has 1 aliphatic heterocycles. The van der Waals surface area contributed by atoms with Crippen molar-refractivity contribution in [2.45, 2.75) is 12.8 Å². The average molecular weight is 356 g/mol. The van der Waals surface area contributed by atoms with Crippen molar-refractivity contribution in [3.63, 3.8) is 0 Å². The lowest BCUT2D eigenvalue weighted by atomic mass is 10.2. The van der Waals surface area contributed by atoms with Gasteiger partial charge >= 0.3 is 0 Å². The van der Waals surface area contributed by atoms with E-state index in [1.165, 1.54) is 11.4 Å². The van der Waals surface area contributed by atoms with Crippen molar-refractivity contribution in [3.8, 4) is 0 Å². The number of benzene rings is 2. The number of carbonyl (C=O) groups excluding carboxylic acids is 1. The molecule has 4 rings (SSSR count). The Labute approximate surface area is 153 Å². The Bertz CT molecular complexity index is 750. The second-order valence-corrected chi connectivity index (χ2v) is 7.20. The van der Waals surface area contributed by atoms with Gasteiger partial charge in [0.05, 0.1) is 0 Å². The van der Waals surface area contributed by atoms with Crippen molar-refractivity contribution in [3.05, 3.63) is 53.6 Å². The summed E-state index contributed by atoms with van der Waals surface area (Å²) in [5, 5.41) is 3.77. The number of anilines is 3. The quantitative estimate of drug-likeness (QED) is 0.899. The van der Waals surface area contributed by atoms with E-state index in [1.807, 2.05) is 30.3 Å². The van der Waals surface area contributed by atoms with E-state index in [0.29, 0.717) is 0 Å². The normalized spacial score (nSPS) is 17.5. The van der Waals surface area contributed by atoms with E-state index >= 15 is 0 Å². The highest BCUT2D eigenvalue weighted by molar-refractivity contribution is 6.30. The van der Waals surface area contributed by atoms with Gasteiger partial charge in [0.15, 0.2) is 0 Å². The predicted molar refractivity (Wildman–Crippen MR) is 104 cm³/mol. The van der Waals surface area contributed by atoms with Crippen LogP contribution >= 0.6 is 11.6 Å². The minimum absolute atomic E-state index is 0.155. The van der Waals surface area contributed by atoms with Crippen LogP contribution in [0.1, 0.15) is 12.8 Å². The third-order valence-corrected chi connectivity index (χ3v) is 5.14. The number of rotatable bonds is 4. The van der Waals surface area contributed by atoms with Crippen LogP contribution in [0.15, 0.2) is 48.5 Å². The molecule has 25 heavy (non-hydrogen) atoms. The highest BCUT2D eigenvalue weighted by atomic mass is 35.5. The van der Waals surface area contributed by atoms with E-state index in [-0.39, 0.29) is 11.8 Å². The number of amides is 1. The second-order valence-electron chi connectivity index (χ2n) is 6.76. The van der Waals surface area contributed by atoms with E-state index in [4.69, 9.17) is 11.6 Å². The predicted octanol–water partition coefficient (Wildman–Crippen LogP) is 4.02. The van der Waals surface area contributed by atoms with E-state index in [2.05, 4.69) is 33.3 Å². The van der Waals surface area contributed by atoms with Gasteiger partial charge in [0.25, 0.3) is 0 Å². The van der Waals surface area contributed by atoms with Crippen molar-refractivity contribution >= 4 is 34.6 Å². The first kappa shape index (κ1) is 16.3. The lowest BCUT2D eigenvalue weighted by molar-refractivity contribution is -0.117. The SMILES string of the molecule is O=C(Nc1ccc(N2CCN(c3cccc(Cl)c3)CC2)cc1)C1CC1. The molecule has 0 spiro atoms. The summed E-state index contributed by atoms with van der Waals surface area (Å²) in [6.07, 6.45) is 2.06. The molecular formula is C20H22ClN3O. The Kier molecular flexibility index (Phi) is 4.53. The monoisotopic (exact) mass is 355 g/mol. The zero-order valence-electron chi connectivity index (χ0n) is 14.1. The van der Waals surface area contributed by atoms with Crippen LogP contribution < -0.4 is 15.1 Å². The molecule has 4 nitrogen and oxygen atoms in total. The maximum atomic E-state index is 11.8. The topological polar surface area (TPSA) is 35.6 Å². The summed E-state index contributed by atoms with van der Waals surface area (Å²) in [5.74, 6) is 0.391. The van der Waals surface area contributed by atoms with E-state index in [0.717, 1.165) is 49.7 Å². The summed E-state index contributed by atoms with van der Waals surface area (Å²) in [4.78, 5) is 16.6. The number of hydrogen-bond donors (Lipinski definition) is 1. The van der Waals surface area contributed by atoms with Gasteiger partial charge in [-0.3, -0.25) is 4.79 Å². The highest BCUT2D eigenvalue weighted by Gasteiger charge is 2.29. The van der Waals surface area contributed by atoms with Crippen LogP contribution in [-0.2, 0) is 4.79 Å². The van der Waals surface area contributed by atoms with E-state index < -0.39 is 0 Å². The van der Waals surface area contributed by atoms with Crippen LogP contribution in [0.5, 0.6) is 0 Å². The third kappa shape index (κ3) is 3.90. The molecule has 0 bridgehead atoms. The fourth-order valence-corrected chi connectivity index (χ4v) is 3.43. The smallest absolute Gasteiger partial charge is 0.227 e. The minimum atomic E-state index is 0.155. The van der Waals surface area contributed by atoms with Crippen molar-refractivity contribution in [1.29, 1.82) is 0 Å². The number of halogens is 1. The summed E-state index contributed by atoms with van der Waals surface area (Å²) in [6.45, 7) is 3.89. The molecule has 0 radical (unpaired) electrons. The number of nitrogens with one attached hydrogen (secondary N) is 1. The van der Waals surface area contributed by atoms with Gasteiger partial charge in [-0.1, -0.05) is 17.7 Å².